The Morgan fingerprint density at radius 1 is 0.704 bits per heavy atom. The summed E-state index contributed by atoms with van der Waals surface area (Å²) in [5, 5.41) is 0. The summed E-state index contributed by atoms with van der Waals surface area (Å²) in [5.74, 6) is 0. The van der Waals surface area contributed by atoms with E-state index >= 15 is 0 Å². The number of benzene rings is 3. The van der Waals surface area contributed by atoms with Gasteiger partial charge in [0.1, 0.15) is 0 Å². The van der Waals surface area contributed by atoms with Crippen molar-refractivity contribution in [2.45, 2.75) is 13.8 Å². The molecule has 1 nitrogen and oxygen atoms in total. The summed E-state index contributed by atoms with van der Waals surface area (Å²) < 4.78 is 0. The molecule has 0 N–H and O–H groups in total. The summed E-state index contributed by atoms with van der Waals surface area (Å²) in [6, 6.07) is 34.8. The molecule has 4 aromatic rings. The summed E-state index contributed by atoms with van der Waals surface area (Å²) >= 11 is 0. The Morgan fingerprint density at radius 3 is 2.07 bits per heavy atom. The fourth-order valence-corrected chi connectivity index (χ4v) is 2.68. The molecule has 2 heteroatoms. The van der Waals surface area contributed by atoms with Gasteiger partial charge in [0.15, 0.2) is 0 Å². The first-order valence-corrected chi connectivity index (χ1v) is 8.66. The van der Waals surface area contributed by atoms with E-state index in [4.69, 9.17) is 0 Å². The minimum absolute atomic E-state index is 0. The first-order chi connectivity index (χ1) is 12.7. The van der Waals surface area contributed by atoms with Gasteiger partial charge in [0.25, 0.3) is 0 Å². The van der Waals surface area contributed by atoms with Crippen molar-refractivity contribution in [3.8, 4) is 22.4 Å². The number of aromatic nitrogens is 1. The van der Waals surface area contributed by atoms with Gasteiger partial charge in [-0.05, 0) is 17.3 Å². The summed E-state index contributed by atoms with van der Waals surface area (Å²) in [6.07, 6.45) is 1.80. The maximum Gasteiger partial charge on any atom is 0.0160 e. The van der Waals surface area contributed by atoms with Crippen molar-refractivity contribution < 1.29 is 20.1 Å². The fraction of sp³-hybridized carbons (Fsp3) is 0.0800. The molecule has 27 heavy (non-hydrogen) atoms. The Hall–Kier alpha value is -2.54. The Bertz CT molecular complexity index is 878. The number of rotatable bonds is 2. The largest absolute Gasteiger partial charge is 0.305 e. The van der Waals surface area contributed by atoms with Crippen LogP contribution >= 0.6 is 0 Å². The van der Waals surface area contributed by atoms with Gasteiger partial charge in [-0.25, -0.2) is 0 Å². The topological polar surface area (TPSA) is 12.9 Å². The van der Waals surface area contributed by atoms with Gasteiger partial charge >= 0.3 is 0 Å². The molecule has 3 aromatic carbocycles. The Morgan fingerprint density at radius 2 is 1.44 bits per heavy atom. The van der Waals surface area contributed by atoms with Crippen LogP contribution in [-0.4, -0.2) is 4.98 Å². The number of hydrogen-bond donors (Lipinski definition) is 0. The molecule has 0 aliphatic heterocycles. The van der Waals surface area contributed by atoms with E-state index in [1.54, 1.807) is 6.20 Å². The maximum absolute atomic E-state index is 4.35. The molecular formula is C25H21IrN-2. The molecule has 0 aliphatic carbocycles. The molecule has 1 heterocycles. The molecule has 0 fully saturated rings. The zero-order valence-electron chi connectivity index (χ0n) is 15.4. The zero-order chi connectivity index (χ0) is 18.2. The minimum Gasteiger partial charge on any atom is -0.305 e. The molecule has 0 amide bonds. The predicted octanol–water partition coefficient (Wildman–Crippen LogP) is 6.32. The van der Waals surface area contributed by atoms with Crippen molar-refractivity contribution >= 4 is 0 Å². The SMILES string of the molecule is Cc1[c-]ccc(C)c1.[Ir].[c-]1ccc(-c2ccccc2)cc1-c1ccccn1. The van der Waals surface area contributed by atoms with E-state index in [0.29, 0.717) is 0 Å². The van der Waals surface area contributed by atoms with Crippen LogP contribution in [0.3, 0.4) is 0 Å². The average Bonchev–Trinajstić information content (AvgIpc) is 2.70. The molecule has 0 bridgehead atoms. The average molecular weight is 528 g/mol. The van der Waals surface area contributed by atoms with Crippen molar-refractivity contribution in [2.75, 3.05) is 0 Å². The molecule has 137 valence electrons. The molecule has 4 rings (SSSR count). The van der Waals surface area contributed by atoms with Crippen LogP contribution in [-0.2, 0) is 20.1 Å². The van der Waals surface area contributed by atoms with Gasteiger partial charge in [0, 0.05) is 26.3 Å². The number of aryl methyl sites for hydroxylation is 2. The van der Waals surface area contributed by atoms with Gasteiger partial charge in [0.2, 0.25) is 0 Å². The Balaban J connectivity index is 0.000000247. The number of hydrogen-bond acceptors (Lipinski definition) is 1. The molecule has 0 saturated carbocycles. The van der Waals surface area contributed by atoms with Crippen LogP contribution in [0.4, 0.5) is 0 Å². The van der Waals surface area contributed by atoms with E-state index in [0.717, 1.165) is 11.3 Å². The second kappa shape index (κ2) is 10.6. The number of nitrogens with zero attached hydrogens (tertiary/aromatic N) is 1. The van der Waals surface area contributed by atoms with Crippen molar-refractivity contribution in [1.82, 2.24) is 4.98 Å². The van der Waals surface area contributed by atoms with Crippen LogP contribution in [0.15, 0.2) is 91.1 Å². The molecule has 0 aliphatic rings. The molecular weight excluding hydrogens is 506 g/mol. The van der Waals surface area contributed by atoms with Crippen LogP contribution in [0.1, 0.15) is 11.1 Å². The Labute approximate surface area is 175 Å². The van der Waals surface area contributed by atoms with Crippen molar-refractivity contribution in [1.29, 1.82) is 0 Å². The van der Waals surface area contributed by atoms with Crippen molar-refractivity contribution in [2.24, 2.45) is 0 Å². The van der Waals surface area contributed by atoms with Crippen LogP contribution in [0.25, 0.3) is 22.4 Å². The summed E-state index contributed by atoms with van der Waals surface area (Å²) in [7, 11) is 0. The summed E-state index contributed by atoms with van der Waals surface area (Å²) in [4.78, 5) is 4.35. The third-order valence-corrected chi connectivity index (χ3v) is 3.95. The van der Waals surface area contributed by atoms with Gasteiger partial charge in [-0.15, -0.1) is 35.4 Å². The third-order valence-electron chi connectivity index (χ3n) is 3.95. The maximum atomic E-state index is 4.35. The summed E-state index contributed by atoms with van der Waals surface area (Å²) in [5.41, 5.74) is 6.90. The first kappa shape index (κ1) is 20.8. The van der Waals surface area contributed by atoms with Gasteiger partial charge in [0.05, 0.1) is 0 Å². The fourth-order valence-electron chi connectivity index (χ4n) is 2.68. The second-order valence-electron chi connectivity index (χ2n) is 6.12. The van der Waals surface area contributed by atoms with E-state index in [1.165, 1.54) is 22.3 Å². The summed E-state index contributed by atoms with van der Waals surface area (Å²) in [6.45, 7) is 4.13. The van der Waals surface area contributed by atoms with E-state index in [9.17, 15) is 0 Å². The van der Waals surface area contributed by atoms with Crippen LogP contribution in [0.2, 0.25) is 0 Å². The van der Waals surface area contributed by atoms with Gasteiger partial charge in [-0.1, -0.05) is 56.3 Å². The molecule has 1 radical (unpaired) electrons. The quantitative estimate of drug-likeness (QED) is 0.278. The predicted molar refractivity (Wildman–Crippen MR) is 109 cm³/mol. The van der Waals surface area contributed by atoms with E-state index < -0.39 is 0 Å². The third kappa shape index (κ3) is 6.28. The smallest absolute Gasteiger partial charge is 0.0160 e. The van der Waals surface area contributed by atoms with Gasteiger partial charge in [-0.2, -0.15) is 35.4 Å². The minimum atomic E-state index is 0. The molecule has 1 aromatic heterocycles. The van der Waals surface area contributed by atoms with Crippen LogP contribution in [0, 0.1) is 26.0 Å². The van der Waals surface area contributed by atoms with Gasteiger partial charge in [-0.3, -0.25) is 0 Å². The van der Waals surface area contributed by atoms with Crippen LogP contribution in [0.5, 0.6) is 0 Å². The molecule has 0 atom stereocenters. The zero-order valence-corrected chi connectivity index (χ0v) is 17.8. The molecule has 0 saturated heterocycles. The molecule has 0 spiro atoms. The molecule has 0 unspecified atom stereocenters. The monoisotopic (exact) mass is 528 g/mol. The number of pyridine rings is 1. The van der Waals surface area contributed by atoms with E-state index in [2.05, 4.69) is 54.4 Å². The van der Waals surface area contributed by atoms with Crippen LogP contribution < -0.4 is 0 Å². The van der Waals surface area contributed by atoms with Gasteiger partial charge < -0.3 is 4.98 Å². The van der Waals surface area contributed by atoms with Crippen molar-refractivity contribution in [3.63, 3.8) is 0 Å². The van der Waals surface area contributed by atoms with Crippen molar-refractivity contribution in [3.05, 3.63) is 114 Å². The van der Waals surface area contributed by atoms with E-state index in [1.807, 2.05) is 61.5 Å². The normalized spacial score (nSPS) is 9.56. The standard InChI is InChI=1S/C17H12N.C8H9.Ir/c1-2-7-14(8-3-1)15-9-6-10-16(13-15)17-11-4-5-12-18-17;1-7-4-3-5-8(2)6-7;/h1-9,11-13H;3-4,6H,1-2H3;/q2*-1;. The Kier molecular flexibility index (Phi) is 8.13. The second-order valence-corrected chi connectivity index (χ2v) is 6.12. The van der Waals surface area contributed by atoms with E-state index in [-0.39, 0.29) is 20.1 Å². The first-order valence-electron chi connectivity index (χ1n) is 8.66.